The quantitative estimate of drug-likeness (QED) is 0.302. The second-order valence-electron chi connectivity index (χ2n) is 7.97. The number of rotatable bonds is 5. The molecule has 0 saturated carbocycles. The Kier molecular flexibility index (Phi) is 7.17. The fraction of sp³-hybridized carbons (Fsp3) is 0.115. The number of urea groups is 1. The number of barbiturate groups is 1. The van der Waals surface area contributed by atoms with Gasteiger partial charge in [0.15, 0.2) is 0 Å². The Morgan fingerprint density at radius 3 is 2.34 bits per heavy atom. The maximum Gasteiger partial charge on any atom is 0.335 e. The van der Waals surface area contributed by atoms with Gasteiger partial charge in [0.1, 0.15) is 17.9 Å². The second-order valence-corrected chi connectivity index (χ2v) is 9.20. The second kappa shape index (κ2) is 10.1. The first-order chi connectivity index (χ1) is 16.6. The molecule has 178 valence electrons. The number of aryl methyl sites for hydroxylation is 2. The van der Waals surface area contributed by atoms with Crippen LogP contribution in [0.2, 0.25) is 15.1 Å². The molecule has 3 aromatic carbocycles. The van der Waals surface area contributed by atoms with Gasteiger partial charge in [0.05, 0.1) is 20.8 Å². The van der Waals surface area contributed by atoms with Crippen LogP contribution in [0.1, 0.15) is 22.3 Å². The Hall–Kier alpha value is -3.32. The van der Waals surface area contributed by atoms with E-state index in [0.29, 0.717) is 27.0 Å². The van der Waals surface area contributed by atoms with Gasteiger partial charge in [0, 0.05) is 0 Å². The standard InChI is InChI=1S/C26H19Cl3N2O4/c1-14-3-7-22(15(2)9-14)31-25(33)18(24(32)30-26(31)34)10-16-5-8-23(21(29)11-16)35-13-17-4-6-19(27)20(28)12-17/h3-12H,13H2,1-2H3,(H,30,32,34)/b18-10+. The molecule has 4 amide bonds. The number of halogens is 3. The Labute approximate surface area is 217 Å². The number of nitrogens with zero attached hydrogens (tertiary/aromatic N) is 1. The van der Waals surface area contributed by atoms with E-state index in [0.717, 1.165) is 21.6 Å². The lowest BCUT2D eigenvalue weighted by Crippen LogP contribution is -2.54. The van der Waals surface area contributed by atoms with E-state index in [-0.39, 0.29) is 17.2 Å². The van der Waals surface area contributed by atoms with Crippen LogP contribution in [0.25, 0.3) is 6.08 Å². The van der Waals surface area contributed by atoms with Crippen molar-refractivity contribution >= 4 is 64.4 Å². The van der Waals surface area contributed by atoms with Crippen LogP contribution in [0.3, 0.4) is 0 Å². The normalized spacial score (nSPS) is 14.9. The highest BCUT2D eigenvalue weighted by atomic mass is 35.5. The zero-order valence-corrected chi connectivity index (χ0v) is 21.0. The molecule has 35 heavy (non-hydrogen) atoms. The number of benzene rings is 3. The number of hydrogen-bond acceptors (Lipinski definition) is 4. The van der Waals surface area contributed by atoms with E-state index >= 15 is 0 Å². The molecule has 1 saturated heterocycles. The average molecular weight is 530 g/mol. The Balaban J connectivity index is 1.57. The van der Waals surface area contributed by atoms with Gasteiger partial charge in [-0.15, -0.1) is 0 Å². The highest BCUT2D eigenvalue weighted by Crippen LogP contribution is 2.30. The van der Waals surface area contributed by atoms with Crippen LogP contribution in [-0.2, 0) is 16.2 Å². The van der Waals surface area contributed by atoms with E-state index < -0.39 is 17.8 Å². The summed E-state index contributed by atoms with van der Waals surface area (Å²) in [5.41, 5.74) is 3.23. The number of nitrogens with one attached hydrogen (secondary N) is 1. The molecule has 1 aliphatic heterocycles. The first-order valence-corrected chi connectivity index (χ1v) is 11.6. The van der Waals surface area contributed by atoms with Gasteiger partial charge < -0.3 is 4.74 Å². The minimum Gasteiger partial charge on any atom is -0.487 e. The van der Waals surface area contributed by atoms with Crippen LogP contribution in [-0.4, -0.2) is 17.8 Å². The number of hydrogen-bond donors (Lipinski definition) is 1. The fourth-order valence-corrected chi connectivity index (χ4v) is 4.18. The monoisotopic (exact) mass is 528 g/mol. The van der Waals surface area contributed by atoms with Gasteiger partial charge >= 0.3 is 6.03 Å². The van der Waals surface area contributed by atoms with Crippen molar-refractivity contribution in [1.29, 1.82) is 0 Å². The third-order valence-corrected chi connectivity index (χ3v) is 6.37. The minimum absolute atomic E-state index is 0.190. The highest BCUT2D eigenvalue weighted by molar-refractivity contribution is 6.42. The van der Waals surface area contributed by atoms with E-state index in [1.165, 1.54) is 6.08 Å². The highest BCUT2D eigenvalue weighted by Gasteiger charge is 2.37. The van der Waals surface area contributed by atoms with Gasteiger partial charge in [0.2, 0.25) is 0 Å². The minimum atomic E-state index is -0.798. The van der Waals surface area contributed by atoms with Gasteiger partial charge in [-0.2, -0.15) is 0 Å². The van der Waals surface area contributed by atoms with Gasteiger partial charge in [0.25, 0.3) is 11.8 Å². The van der Waals surface area contributed by atoms with Crippen LogP contribution < -0.4 is 15.0 Å². The lowest BCUT2D eigenvalue weighted by molar-refractivity contribution is -0.122. The Morgan fingerprint density at radius 2 is 1.66 bits per heavy atom. The Bertz CT molecular complexity index is 1400. The number of ether oxygens (including phenoxy) is 1. The number of carbonyl (C=O) groups excluding carboxylic acids is 3. The summed E-state index contributed by atoms with van der Waals surface area (Å²) in [5, 5.41) is 3.38. The van der Waals surface area contributed by atoms with Crippen molar-refractivity contribution < 1.29 is 19.1 Å². The lowest BCUT2D eigenvalue weighted by Gasteiger charge is -2.27. The first-order valence-electron chi connectivity index (χ1n) is 10.5. The molecular formula is C26H19Cl3N2O4. The van der Waals surface area contributed by atoms with Crippen LogP contribution in [0, 0.1) is 13.8 Å². The van der Waals surface area contributed by atoms with E-state index in [4.69, 9.17) is 39.5 Å². The van der Waals surface area contributed by atoms with Crippen LogP contribution in [0.5, 0.6) is 5.75 Å². The summed E-state index contributed by atoms with van der Waals surface area (Å²) in [6, 6.07) is 14.5. The molecule has 0 aromatic heterocycles. The fourth-order valence-electron chi connectivity index (χ4n) is 3.61. The summed E-state index contributed by atoms with van der Waals surface area (Å²) in [6.45, 7) is 3.91. The largest absolute Gasteiger partial charge is 0.487 e. The van der Waals surface area contributed by atoms with Gasteiger partial charge in [-0.3, -0.25) is 14.9 Å². The molecule has 1 aliphatic rings. The lowest BCUT2D eigenvalue weighted by atomic mass is 10.0. The summed E-state index contributed by atoms with van der Waals surface area (Å²) in [7, 11) is 0. The van der Waals surface area contributed by atoms with Crippen LogP contribution in [0.15, 0.2) is 60.2 Å². The number of amides is 4. The van der Waals surface area contributed by atoms with E-state index in [1.807, 2.05) is 13.0 Å². The Morgan fingerprint density at radius 1 is 0.886 bits per heavy atom. The van der Waals surface area contributed by atoms with Gasteiger partial charge in [-0.1, -0.05) is 64.6 Å². The summed E-state index contributed by atoms with van der Waals surface area (Å²) >= 11 is 18.3. The average Bonchev–Trinajstić information content (AvgIpc) is 2.79. The molecule has 1 heterocycles. The van der Waals surface area contributed by atoms with Crippen LogP contribution in [0.4, 0.5) is 10.5 Å². The van der Waals surface area contributed by atoms with Crippen molar-refractivity contribution in [2.24, 2.45) is 0 Å². The number of imide groups is 2. The van der Waals surface area contributed by atoms with Gasteiger partial charge in [-0.05, 0) is 66.9 Å². The van der Waals surface area contributed by atoms with Crippen LogP contribution >= 0.6 is 34.8 Å². The SMILES string of the molecule is Cc1ccc(N2C(=O)NC(=O)/C(=C\c3ccc(OCc4ccc(Cl)c(Cl)c4)c(Cl)c3)C2=O)c(C)c1. The first kappa shape index (κ1) is 24.8. The predicted molar refractivity (Wildman–Crippen MR) is 137 cm³/mol. The summed E-state index contributed by atoms with van der Waals surface area (Å²) in [4.78, 5) is 39.0. The maximum atomic E-state index is 13.1. The zero-order valence-electron chi connectivity index (χ0n) is 18.7. The van der Waals surface area contributed by atoms with Crippen molar-refractivity contribution in [3.05, 3.63) is 97.5 Å². The number of anilines is 1. The molecule has 0 bridgehead atoms. The molecule has 9 heteroatoms. The summed E-state index contributed by atoms with van der Waals surface area (Å²) in [6.07, 6.45) is 1.38. The van der Waals surface area contributed by atoms with Gasteiger partial charge in [-0.25, -0.2) is 9.69 Å². The molecule has 6 nitrogen and oxygen atoms in total. The smallest absolute Gasteiger partial charge is 0.335 e. The summed E-state index contributed by atoms with van der Waals surface area (Å²) < 4.78 is 5.76. The van der Waals surface area contributed by atoms with Crippen molar-refractivity contribution in [2.75, 3.05) is 4.90 Å². The van der Waals surface area contributed by atoms with Crippen molar-refractivity contribution in [2.45, 2.75) is 20.5 Å². The molecule has 0 spiro atoms. The van der Waals surface area contributed by atoms with Crippen molar-refractivity contribution in [3.63, 3.8) is 0 Å². The molecule has 0 unspecified atom stereocenters. The molecule has 0 atom stereocenters. The van der Waals surface area contributed by atoms with E-state index in [9.17, 15) is 14.4 Å². The molecule has 0 radical (unpaired) electrons. The molecular weight excluding hydrogens is 511 g/mol. The molecule has 1 fully saturated rings. The zero-order chi connectivity index (χ0) is 25.3. The molecule has 3 aromatic rings. The van der Waals surface area contributed by atoms with E-state index in [2.05, 4.69) is 5.32 Å². The third kappa shape index (κ3) is 5.35. The topological polar surface area (TPSA) is 75.7 Å². The molecule has 0 aliphatic carbocycles. The maximum absolute atomic E-state index is 13.1. The molecule has 4 rings (SSSR count). The third-order valence-electron chi connectivity index (χ3n) is 5.34. The van der Waals surface area contributed by atoms with Crippen molar-refractivity contribution in [1.82, 2.24) is 5.32 Å². The van der Waals surface area contributed by atoms with Crippen molar-refractivity contribution in [3.8, 4) is 5.75 Å². The molecule has 1 N–H and O–H groups in total. The van der Waals surface area contributed by atoms with E-state index in [1.54, 1.807) is 55.5 Å². The number of carbonyl (C=O) groups is 3. The predicted octanol–water partition coefficient (Wildman–Crippen LogP) is 6.51. The summed E-state index contributed by atoms with van der Waals surface area (Å²) in [5.74, 6) is -1.09.